The second kappa shape index (κ2) is 5.19. The predicted molar refractivity (Wildman–Crippen MR) is 89.8 cm³/mol. The molecule has 5 fully saturated rings. The Labute approximate surface area is 140 Å². The first-order valence-corrected chi connectivity index (χ1v) is 9.56. The van der Waals surface area contributed by atoms with E-state index in [1.807, 2.05) is 6.92 Å². The Balaban J connectivity index is 1.55. The summed E-state index contributed by atoms with van der Waals surface area (Å²) in [5.74, 6) is 2.63. The third-order valence-electron chi connectivity index (χ3n) is 7.58. The third-order valence-corrected chi connectivity index (χ3v) is 7.58. The predicted octanol–water partition coefficient (Wildman–Crippen LogP) is 2.56. The fraction of sp³-hybridized carbons (Fsp3) is 0.947. The summed E-state index contributed by atoms with van der Waals surface area (Å²) < 4.78 is 5.81. The van der Waals surface area contributed by atoms with Gasteiger partial charge in [0.05, 0.1) is 6.10 Å². The standard InChI is InChI=1S/C19H32N2O2/c1-4-23-16-10-19(20,18(16,2)3)17(22)21-11-14-6-12-5-13(7-14)9-15(21)8-12/h12-16H,4-11,20H2,1-3H3. The van der Waals surface area contributed by atoms with Crippen molar-refractivity contribution in [1.29, 1.82) is 0 Å². The molecule has 5 aliphatic rings. The molecule has 2 aliphatic heterocycles. The number of ether oxygens (including phenoxy) is 1. The Kier molecular flexibility index (Phi) is 3.59. The van der Waals surface area contributed by atoms with Crippen LogP contribution < -0.4 is 5.73 Å². The lowest BCUT2D eigenvalue weighted by Gasteiger charge is -2.59. The van der Waals surface area contributed by atoms with E-state index in [9.17, 15) is 4.79 Å². The van der Waals surface area contributed by atoms with Gasteiger partial charge in [0.1, 0.15) is 5.54 Å². The molecule has 4 heteroatoms. The number of hydrogen-bond donors (Lipinski definition) is 1. The van der Waals surface area contributed by atoms with Crippen molar-refractivity contribution in [3.63, 3.8) is 0 Å². The van der Waals surface area contributed by atoms with Crippen LogP contribution in [0.15, 0.2) is 0 Å². The summed E-state index contributed by atoms with van der Waals surface area (Å²) in [5.41, 5.74) is 5.67. The summed E-state index contributed by atoms with van der Waals surface area (Å²) in [7, 11) is 0. The minimum absolute atomic E-state index is 0.112. The number of nitrogens with zero attached hydrogens (tertiary/aromatic N) is 1. The highest BCUT2D eigenvalue weighted by molar-refractivity contribution is 5.89. The molecule has 1 amide bonds. The normalized spacial score (nSPS) is 47.3. The highest BCUT2D eigenvalue weighted by Gasteiger charge is 2.64. The van der Waals surface area contributed by atoms with Crippen LogP contribution in [-0.2, 0) is 9.53 Å². The molecule has 2 saturated heterocycles. The van der Waals surface area contributed by atoms with Gasteiger partial charge in [-0.05, 0) is 56.8 Å². The monoisotopic (exact) mass is 320 g/mol. The molecule has 0 aromatic carbocycles. The summed E-state index contributed by atoms with van der Waals surface area (Å²) in [5, 5.41) is 0. The van der Waals surface area contributed by atoms with Gasteiger partial charge < -0.3 is 15.4 Å². The molecule has 4 bridgehead atoms. The van der Waals surface area contributed by atoms with Gasteiger partial charge in [0.25, 0.3) is 0 Å². The second-order valence-corrected chi connectivity index (χ2v) is 9.23. The van der Waals surface area contributed by atoms with E-state index in [4.69, 9.17) is 10.5 Å². The Bertz CT molecular complexity index is 492. The lowest BCUT2D eigenvalue weighted by molar-refractivity contribution is -0.181. The lowest BCUT2D eigenvalue weighted by atomic mass is 9.54. The Hall–Kier alpha value is -0.610. The molecular weight excluding hydrogens is 288 g/mol. The molecule has 4 nitrogen and oxygen atoms in total. The van der Waals surface area contributed by atoms with E-state index in [1.54, 1.807) is 0 Å². The molecular formula is C19H32N2O2. The van der Waals surface area contributed by atoms with Crippen LogP contribution in [-0.4, -0.2) is 41.6 Å². The van der Waals surface area contributed by atoms with Crippen molar-refractivity contribution in [2.45, 2.75) is 77.0 Å². The van der Waals surface area contributed by atoms with Gasteiger partial charge in [0, 0.05) is 31.0 Å². The summed E-state index contributed by atoms with van der Waals surface area (Å²) >= 11 is 0. The zero-order chi connectivity index (χ0) is 16.4. The number of amides is 1. The molecule has 2 N–H and O–H groups in total. The average Bonchev–Trinajstić information content (AvgIpc) is 2.69. The van der Waals surface area contributed by atoms with Crippen molar-refractivity contribution in [3.8, 4) is 0 Å². The first-order valence-electron chi connectivity index (χ1n) is 9.56. The number of fused-ring (bicyclic) bond motifs is 1. The van der Waals surface area contributed by atoms with Crippen molar-refractivity contribution >= 4 is 5.91 Å². The van der Waals surface area contributed by atoms with E-state index in [2.05, 4.69) is 18.7 Å². The number of rotatable bonds is 3. The van der Waals surface area contributed by atoms with Gasteiger partial charge in [-0.15, -0.1) is 0 Å². The topological polar surface area (TPSA) is 55.6 Å². The maximum absolute atomic E-state index is 13.4. The Morgan fingerprint density at radius 1 is 1.13 bits per heavy atom. The number of carbonyl (C=O) groups is 1. The molecule has 4 atom stereocenters. The van der Waals surface area contributed by atoms with Crippen molar-refractivity contribution in [3.05, 3.63) is 0 Å². The van der Waals surface area contributed by atoms with Crippen LogP contribution in [0, 0.1) is 23.2 Å². The summed E-state index contributed by atoms with van der Waals surface area (Å²) in [6, 6.07) is 0.445. The van der Waals surface area contributed by atoms with E-state index in [0.717, 1.165) is 18.4 Å². The van der Waals surface area contributed by atoms with Crippen LogP contribution in [0.3, 0.4) is 0 Å². The molecule has 2 heterocycles. The Morgan fingerprint density at radius 2 is 1.74 bits per heavy atom. The molecule has 5 rings (SSSR count). The van der Waals surface area contributed by atoms with Crippen molar-refractivity contribution in [2.75, 3.05) is 13.2 Å². The van der Waals surface area contributed by atoms with Crippen LogP contribution in [0.4, 0.5) is 0 Å². The van der Waals surface area contributed by atoms with Crippen molar-refractivity contribution in [1.82, 2.24) is 4.90 Å². The van der Waals surface area contributed by atoms with E-state index in [1.165, 1.54) is 32.1 Å². The van der Waals surface area contributed by atoms with Gasteiger partial charge in [-0.3, -0.25) is 4.79 Å². The average molecular weight is 320 g/mol. The van der Waals surface area contributed by atoms with Crippen molar-refractivity contribution in [2.24, 2.45) is 28.9 Å². The third kappa shape index (κ3) is 2.21. The summed E-state index contributed by atoms with van der Waals surface area (Å²) in [6.45, 7) is 7.87. The Morgan fingerprint density at radius 3 is 2.30 bits per heavy atom. The SMILES string of the molecule is CCOC1CC(N)(C(=O)N2CC3CC4CC(C3)CC2C4)C1(C)C. The van der Waals surface area contributed by atoms with Gasteiger partial charge in [-0.1, -0.05) is 13.8 Å². The summed E-state index contributed by atoms with van der Waals surface area (Å²) in [6.07, 6.45) is 7.28. The molecule has 0 spiro atoms. The zero-order valence-electron chi connectivity index (χ0n) is 14.9. The minimum atomic E-state index is -0.742. The quantitative estimate of drug-likeness (QED) is 0.869. The van der Waals surface area contributed by atoms with Crippen molar-refractivity contribution < 1.29 is 9.53 Å². The first kappa shape index (κ1) is 15.9. The van der Waals surface area contributed by atoms with Crippen LogP contribution in [0.25, 0.3) is 0 Å². The van der Waals surface area contributed by atoms with E-state index in [0.29, 0.717) is 25.0 Å². The smallest absolute Gasteiger partial charge is 0.243 e. The van der Waals surface area contributed by atoms with Crippen LogP contribution in [0.2, 0.25) is 0 Å². The van der Waals surface area contributed by atoms with E-state index in [-0.39, 0.29) is 17.4 Å². The van der Waals surface area contributed by atoms with Crippen LogP contribution >= 0.6 is 0 Å². The highest BCUT2D eigenvalue weighted by Crippen LogP contribution is 2.53. The molecule has 3 saturated carbocycles. The molecule has 130 valence electrons. The first-order chi connectivity index (χ1) is 10.8. The fourth-order valence-electron chi connectivity index (χ4n) is 6.09. The largest absolute Gasteiger partial charge is 0.378 e. The number of carbonyl (C=O) groups excluding carboxylic acids is 1. The molecule has 0 radical (unpaired) electrons. The molecule has 0 aromatic rings. The van der Waals surface area contributed by atoms with E-state index >= 15 is 0 Å². The molecule has 0 aromatic heterocycles. The van der Waals surface area contributed by atoms with Gasteiger partial charge in [-0.25, -0.2) is 0 Å². The maximum Gasteiger partial charge on any atom is 0.243 e. The zero-order valence-corrected chi connectivity index (χ0v) is 14.9. The number of nitrogens with two attached hydrogens (primary N) is 1. The highest BCUT2D eigenvalue weighted by atomic mass is 16.5. The van der Waals surface area contributed by atoms with Gasteiger partial charge in [0.2, 0.25) is 5.91 Å². The fourth-order valence-corrected chi connectivity index (χ4v) is 6.09. The van der Waals surface area contributed by atoms with Crippen LogP contribution in [0.5, 0.6) is 0 Å². The lowest BCUT2D eigenvalue weighted by Crippen LogP contribution is -2.76. The van der Waals surface area contributed by atoms with Gasteiger partial charge in [-0.2, -0.15) is 0 Å². The van der Waals surface area contributed by atoms with Gasteiger partial charge >= 0.3 is 0 Å². The number of hydrogen-bond acceptors (Lipinski definition) is 3. The molecule has 3 aliphatic carbocycles. The van der Waals surface area contributed by atoms with Crippen LogP contribution in [0.1, 0.15) is 59.3 Å². The minimum Gasteiger partial charge on any atom is -0.378 e. The van der Waals surface area contributed by atoms with E-state index < -0.39 is 5.54 Å². The summed E-state index contributed by atoms with van der Waals surface area (Å²) in [4.78, 5) is 15.6. The molecule has 4 unspecified atom stereocenters. The molecule has 23 heavy (non-hydrogen) atoms. The van der Waals surface area contributed by atoms with Gasteiger partial charge in [0.15, 0.2) is 0 Å². The second-order valence-electron chi connectivity index (χ2n) is 9.23. The maximum atomic E-state index is 13.4.